The Morgan fingerprint density at radius 3 is 2.58 bits per heavy atom. The third kappa shape index (κ3) is 4.54. The van der Waals surface area contributed by atoms with Crippen molar-refractivity contribution < 1.29 is 14.0 Å². The fraction of sp³-hybridized carbons (Fsp3) is 0.556. The van der Waals surface area contributed by atoms with E-state index in [0.29, 0.717) is 6.54 Å². The number of nitrogens with one attached hydrogen (secondary N) is 1. The SMILES string of the molecule is CC(C)[C@H](N)C(=O)NCC(=O)N1CCCCC1c1ccc(F)cc1. The second-order valence-corrected chi connectivity index (χ2v) is 6.64. The Bertz CT molecular complexity index is 574. The van der Waals surface area contributed by atoms with Crippen molar-refractivity contribution in [2.45, 2.75) is 45.2 Å². The quantitative estimate of drug-likeness (QED) is 0.864. The van der Waals surface area contributed by atoms with Gasteiger partial charge in [-0.15, -0.1) is 0 Å². The van der Waals surface area contributed by atoms with Crippen LogP contribution in [0.25, 0.3) is 0 Å². The Morgan fingerprint density at radius 1 is 1.29 bits per heavy atom. The molecule has 0 aromatic heterocycles. The minimum absolute atomic E-state index is 0.0158. The fourth-order valence-corrected chi connectivity index (χ4v) is 2.95. The summed E-state index contributed by atoms with van der Waals surface area (Å²) in [7, 11) is 0. The van der Waals surface area contributed by atoms with Crippen LogP contribution >= 0.6 is 0 Å². The van der Waals surface area contributed by atoms with Gasteiger partial charge in [-0.1, -0.05) is 26.0 Å². The number of benzene rings is 1. The van der Waals surface area contributed by atoms with Crippen LogP contribution in [0.2, 0.25) is 0 Å². The highest BCUT2D eigenvalue weighted by Gasteiger charge is 2.28. The molecule has 3 N–H and O–H groups in total. The summed E-state index contributed by atoms with van der Waals surface area (Å²) in [5.41, 5.74) is 6.71. The second kappa shape index (κ2) is 8.24. The molecular formula is C18H26FN3O2. The van der Waals surface area contributed by atoms with E-state index in [1.54, 1.807) is 17.0 Å². The molecule has 24 heavy (non-hydrogen) atoms. The molecule has 2 amide bonds. The normalized spacial score (nSPS) is 19.2. The molecule has 132 valence electrons. The smallest absolute Gasteiger partial charge is 0.242 e. The maximum atomic E-state index is 13.1. The van der Waals surface area contributed by atoms with E-state index in [-0.39, 0.29) is 36.1 Å². The molecule has 1 aromatic rings. The van der Waals surface area contributed by atoms with Gasteiger partial charge in [0.05, 0.1) is 18.6 Å². The Labute approximate surface area is 142 Å². The van der Waals surface area contributed by atoms with Gasteiger partial charge in [-0.2, -0.15) is 0 Å². The lowest BCUT2D eigenvalue weighted by Crippen LogP contribution is -2.49. The third-order valence-electron chi connectivity index (χ3n) is 4.51. The highest BCUT2D eigenvalue weighted by Crippen LogP contribution is 2.30. The summed E-state index contributed by atoms with van der Waals surface area (Å²) in [5.74, 6) is -0.716. The molecule has 1 saturated heterocycles. The number of nitrogens with two attached hydrogens (primary N) is 1. The van der Waals surface area contributed by atoms with Gasteiger partial charge < -0.3 is 16.0 Å². The molecule has 1 aliphatic rings. The van der Waals surface area contributed by atoms with E-state index in [1.165, 1.54) is 12.1 Å². The lowest BCUT2D eigenvalue weighted by molar-refractivity contribution is -0.136. The number of amides is 2. The zero-order valence-electron chi connectivity index (χ0n) is 14.3. The maximum absolute atomic E-state index is 13.1. The molecular weight excluding hydrogens is 309 g/mol. The molecule has 1 aromatic carbocycles. The molecule has 1 aliphatic heterocycles. The topological polar surface area (TPSA) is 75.4 Å². The van der Waals surface area contributed by atoms with Gasteiger partial charge in [-0.25, -0.2) is 4.39 Å². The standard InChI is InChI=1S/C18H26FN3O2/c1-12(2)17(20)18(24)21-11-16(23)22-10-4-3-5-15(22)13-6-8-14(19)9-7-13/h6-9,12,15,17H,3-5,10-11,20H2,1-2H3,(H,21,24)/t15?,17-/m0/s1. The molecule has 5 nitrogen and oxygen atoms in total. The van der Waals surface area contributed by atoms with E-state index >= 15 is 0 Å². The van der Waals surface area contributed by atoms with Gasteiger partial charge in [0.2, 0.25) is 11.8 Å². The predicted molar refractivity (Wildman–Crippen MR) is 90.5 cm³/mol. The van der Waals surface area contributed by atoms with Gasteiger partial charge >= 0.3 is 0 Å². The zero-order chi connectivity index (χ0) is 17.7. The predicted octanol–water partition coefficient (Wildman–Crippen LogP) is 1.98. The van der Waals surface area contributed by atoms with Crippen LogP contribution < -0.4 is 11.1 Å². The summed E-state index contributed by atoms with van der Waals surface area (Å²) >= 11 is 0. The highest BCUT2D eigenvalue weighted by molar-refractivity contribution is 5.87. The minimum Gasteiger partial charge on any atom is -0.346 e. The molecule has 2 rings (SSSR count). The van der Waals surface area contributed by atoms with E-state index in [4.69, 9.17) is 5.73 Å². The Balaban J connectivity index is 2.00. The summed E-state index contributed by atoms with van der Waals surface area (Å²) in [5, 5.41) is 2.63. The molecule has 0 spiro atoms. The molecule has 0 radical (unpaired) electrons. The van der Waals surface area contributed by atoms with Crippen molar-refractivity contribution in [3.8, 4) is 0 Å². The third-order valence-corrected chi connectivity index (χ3v) is 4.51. The first-order valence-corrected chi connectivity index (χ1v) is 8.48. The van der Waals surface area contributed by atoms with Crippen LogP contribution in [0.4, 0.5) is 4.39 Å². The molecule has 0 bridgehead atoms. The van der Waals surface area contributed by atoms with Crippen molar-refractivity contribution in [1.29, 1.82) is 0 Å². The van der Waals surface area contributed by atoms with Crippen molar-refractivity contribution >= 4 is 11.8 Å². The van der Waals surface area contributed by atoms with Crippen LogP contribution in [-0.4, -0.2) is 35.8 Å². The van der Waals surface area contributed by atoms with E-state index in [0.717, 1.165) is 24.8 Å². The average molecular weight is 335 g/mol. The number of likely N-dealkylation sites (tertiary alicyclic amines) is 1. The lowest BCUT2D eigenvalue weighted by atomic mass is 9.95. The number of nitrogens with zero attached hydrogens (tertiary/aromatic N) is 1. The van der Waals surface area contributed by atoms with Crippen molar-refractivity contribution in [2.75, 3.05) is 13.1 Å². The number of halogens is 1. The van der Waals surface area contributed by atoms with Gasteiger partial charge in [0, 0.05) is 6.54 Å². The number of carbonyl (C=O) groups excluding carboxylic acids is 2. The van der Waals surface area contributed by atoms with Crippen LogP contribution in [-0.2, 0) is 9.59 Å². The summed E-state index contributed by atoms with van der Waals surface area (Å²) < 4.78 is 13.1. The molecule has 1 fully saturated rings. The molecule has 0 aliphatic carbocycles. The summed E-state index contributed by atoms with van der Waals surface area (Å²) in [6.07, 6.45) is 2.80. The minimum atomic E-state index is -0.618. The fourth-order valence-electron chi connectivity index (χ4n) is 2.95. The van der Waals surface area contributed by atoms with Crippen molar-refractivity contribution in [3.63, 3.8) is 0 Å². The summed E-state index contributed by atoms with van der Waals surface area (Å²) in [4.78, 5) is 26.2. The summed E-state index contributed by atoms with van der Waals surface area (Å²) in [6.45, 7) is 4.31. The number of hydrogen-bond acceptors (Lipinski definition) is 3. The molecule has 1 unspecified atom stereocenters. The average Bonchev–Trinajstić information content (AvgIpc) is 2.59. The van der Waals surface area contributed by atoms with Crippen molar-refractivity contribution in [1.82, 2.24) is 10.2 Å². The van der Waals surface area contributed by atoms with E-state index in [9.17, 15) is 14.0 Å². The van der Waals surface area contributed by atoms with Crippen LogP contribution in [0.1, 0.15) is 44.7 Å². The number of hydrogen-bond donors (Lipinski definition) is 2. The van der Waals surface area contributed by atoms with Crippen molar-refractivity contribution in [2.24, 2.45) is 11.7 Å². The van der Waals surface area contributed by atoms with Crippen LogP contribution in [0.5, 0.6) is 0 Å². The first-order valence-electron chi connectivity index (χ1n) is 8.48. The van der Waals surface area contributed by atoms with Gasteiger partial charge in [0.15, 0.2) is 0 Å². The number of carbonyl (C=O) groups is 2. The first-order chi connectivity index (χ1) is 11.4. The van der Waals surface area contributed by atoms with Gasteiger partial charge in [-0.05, 0) is 42.9 Å². The summed E-state index contributed by atoms with van der Waals surface area (Å²) in [6, 6.07) is 5.58. The maximum Gasteiger partial charge on any atom is 0.242 e. The largest absolute Gasteiger partial charge is 0.346 e. The van der Waals surface area contributed by atoms with Crippen LogP contribution in [0, 0.1) is 11.7 Å². The van der Waals surface area contributed by atoms with Gasteiger partial charge in [0.25, 0.3) is 0 Å². The van der Waals surface area contributed by atoms with Crippen LogP contribution in [0.15, 0.2) is 24.3 Å². The molecule has 1 heterocycles. The zero-order valence-corrected chi connectivity index (χ0v) is 14.3. The number of rotatable bonds is 5. The number of piperidine rings is 1. The van der Waals surface area contributed by atoms with E-state index in [1.807, 2.05) is 13.8 Å². The lowest BCUT2D eigenvalue weighted by Gasteiger charge is -2.36. The Morgan fingerprint density at radius 2 is 1.96 bits per heavy atom. The van der Waals surface area contributed by atoms with E-state index in [2.05, 4.69) is 5.32 Å². The molecule has 6 heteroatoms. The van der Waals surface area contributed by atoms with Crippen LogP contribution in [0.3, 0.4) is 0 Å². The van der Waals surface area contributed by atoms with Crippen molar-refractivity contribution in [3.05, 3.63) is 35.6 Å². The van der Waals surface area contributed by atoms with E-state index < -0.39 is 6.04 Å². The monoisotopic (exact) mass is 335 g/mol. The van der Waals surface area contributed by atoms with Gasteiger partial charge in [-0.3, -0.25) is 9.59 Å². The first kappa shape index (κ1) is 18.4. The highest BCUT2D eigenvalue weighted by atomic mass is 19.1. The molecule has 0 saturated carbocycles. The second-order valence-electron chi connectivity index (χ2n) is 6.64. The Kier molecular flexibility index (Phi) is 6.31. The molecule has 2 atom stereocenters. The van der Waals surface area contributed by atoms with Gasteiger partial charge in [0.1, 0.15) is 5.82 Å². The Hall–Kier alpha value is -1.95.